The Kier molecular flexibility index (Phi) is 9.36. The minimum atomic E-state index is -2.86. The van der Waals surface area contributed by atoms with Crippen LogP contribution in [-0.2, 0) is 38.7 Å². The summed E-state index contributed by atoms with van der Waals surface area (Å²) in [7, 11) is 0. The van der Waals surface area contributed by atoms with Gasteiger partial charge >= 0.3 is 0 Å². The van der Waals surface area contributed by atoms with E-state index in [2.05, 4.69) is 0 Å². The molecule has 0 fully saturated rings. The van der Waals surface area contributed by atoms with Gasteiger partial charge in [-0.3, -0.25) is 0 Å². The van der Waals surface area contributed by atoms with Crippen molar-refractivity contribution >= 4 is 11.4 Å². The number of rotatable bonds is 0. The Labute approximate surface area is 52.0 Å². The molecule has 0 aliphatic rings. The van der Waals surface area contributed by atoms with Crippen molar-refractivity contribution < 1.29 is 40.6 Å². The minimum Gasteiger partial charge on any atom is -0.750 e. The second kappa shape index (κ2) is 4.99. The van der Waals surface area contributed by atoms with Crippen LogP contribution in [-0.4, -0.2) is 13.3 Å². The number of hydrogen-bond acceptors (Lipinski definition) is 2. The molecule has 1 unspecified atom stereocenters. The second-order valence-electron chi connectivity index (χ2n) is 0.217. The van der Waals surface area contributed by atoms with Gasteiger partial charge in [0.1, 0.15) is 0 Å². The molecule has 0 aromatic heterocycles. The van der Waals surface area contributed by atoms with E-state index in [1.54, 1.807) is 0 Å². The van der Waals surface area contributed by atoms with Crippen LogP contribution in [0.15, 0.2) is 0 Å². The standard InChI is InChI=1S/Cd.H2O3S/c;1-4(2)3/h;(H2,1,2,3)/p-1. The normalized spacial score (nSPS) is 12.4. The first kappa shape index (κ1) is 9.37. The van der Waals surface area contributed by atoms with Gasteiger partial charge in [-0.05, 0) is 0 Å². The summed E-state index contributed by atoms with van der Waals surface area (Å²) in [5.41, 5.74) is 0. The van der Waals surface area contributed by atoms with Gasteiger partial charge in [-0.2, -0.15) is 0 Å². The molecule has 28 valence electrons. The Morgan fingerprint density at radius 3 is 1.80 bits per heavy atom. The Morgan fingerprint density at radius 1 is 1.80 bits per heavy atom. The van der Waals surface area contributed by atoms with Gasteiger partial charge in [0.2, 0.25) is 0 Å². The maximum atomic E-state index is 8.56. The molecule has 0 rings (SSSR count). The van der Waals surface area contributed by atoms with Gasteiger partial charge in [-0.25, -0.2) is 4.21 Å². The van der Waals surface area contributed by atoms with Gasteiger partial charge in [0, 0.05) is 27.3 Å². The monoisotopic (exact) mass is 195 g/mol. The molecule has 0 heterocycles. The molecular weight excluding hydrogens is 192 g/mol. The van der Waals surface area contributed by atoms with Crippen LogP contribution in [0.2, 0.25) is 0 Å². The summed E-state index contributed by atoms with van der Waals surface area (Å²) in [5.74, 6) is 0. The molecule has 5 heteroatoms. The van der Waals surface area contributed by atoms with Crippen LogP contribution in [0.3, 0.4) is 0 Å². The molecule has 0 aliphatic carbocycles. The average molecular weight is 193 g/mol. The van der Waals surface area contributed by atoms with Crippen LogP contribution >= 0.6 is 0 Å². The van der Waals surface area contributed by atoms with Crippen LogP contribution in [0.4, 0.5) is 0 Å². The Hall–Kier alpha value is 0.992. The molecule has 0 aliphatic heterocycles. The second-order valence-corrected chi connectivity index (χ2v) is 0.651. The summed E-state index contributed by atoms with van der Waals surface area (Å²) in [6, 6.07) is 0. The van der Waals surface area contributed by atoms with E-state index in [4.69, 9.17) is 13.3 Å². The zero-order valence-corrected chi connectivity index (χ0v) is 7.23. The molecule has 0 aromatic rings. The molecule has 0 aromatic carbocycles. The van der Waals surface area contributed by atoms with Gasteiger partial charge in [0.15, 0.2) is 0 Å². The molecule has 0 radical (unpaired) electrons. The quantitative estimate of drug-likeness (QED) is 0.410. The third-order valence-corrected chi connectivity index (χ3v) is 0. The van der Waals surface area contributed by atoms with Crippen molar-refractivity contribution in [3.05, 3.63) is 0 Å². The van der Waals surface area contributed by atoms with Crippen LogP contribution in [0.5, 0.6) is 0 Å². The summed E-state index contributed by atoms with van der Waals surface area (Å²) in [6.45, 7) is 0. The topological polar surface area (TPSA) is 60.4 Å². The van der Waals surface area contributed by atoms with Gasteiger partial charge in [-0.1, -0.05) is 0 Å². The van der Waals surface area contributed by atoms with Gasteiger partial charge < -0.3 is 9.11 Å². The molecule has 1 N–H and O–H groups in total. The summed E-state index contributed by atoms with van der Waals surface area (Å²) in [4.78, 5) is 0. The third kappa shape index (κ3) is 45.4. The van der Waals surface area contributed by atoms with E-state index in [1.165, 1.54) is 0 Å². The van der Waals surface area contributed by atoms with Crippen LogP contribution in [0, 0.1) is 0 Å². The molecule has 5 heavy (non-hydrogen) atoms. The van der Waals surface area contributed by atoms with Crippen molar-refractivity contribution in [3.8, 4) is 0 Å². The van der Waals surface area contributed by atoms with Crippen molar-refractivity contribution in [2.45, 2.75) is 0 Å². The maximum absolute atomic E-state index is 8.56. The third-order valence-electron chi connectivity index (χ3n) is 0. The van der Waals surface area contributed by atoms with Gasteiger partial charge in [0.25, 0.3) is 0 Å². The minimum absolute atomic E-state index is 0. The Morgan fingerprint density at radius 2 is 1.80 bits per heavy atom. The fourth-order valence-corrected chi connectivity index (χ4v) is 0. The summed E-state index contributed by atoms with van der Waals surface area (Å²) in [5, 5.41) is 0. The first-order chi connectivity index (χ1) is 1.73. The van der Waals surface area contributed by atoms with E-state index in [-0.39, 0.29) is 27.3 Å². The maximum Gasteiger partial charge on any atom is 0.0814 e. The van der Waals surface area contributed by atoms with Crippen LogP contribution in [0.1, 0.15) is 0 Å². The van der Waals surface area contributed by atoms with Crippen molar-refractivity contribution in [1.82, 2.24) is 0 Å². The van der Waals surface area contributed by atoms with Crippen molar-refractivity contribution in [2.24, 2.45) is 0 Å². The average Bonchev–Trinajstić information content (AvgIpc) is 0.811. The number of hydrogen-bond donors (Lipinski definition) is 1. The van der Waals surface area contributed by atoms with E-state index in [1.807, 2.05) is 0 Å². The molecular formula is HCdO3S-. The summed E-state index contributed by atoms with van der Waals surface area (Å²) < 4.78 is 24.1. The van der Waals surface area contributed by atoms with Crippen molar-refractivity contribution in [1.29, 1.82) is 0 Å². The van der Waals surface area contributed by atoms with E-state index in [0.29, 0.717) is 0 Å². The van der Waals surface area contributed by atoms with Crippen molar-refractivity contribution in [2.75, 3.05) is 0 Å². The zero-order chi connectivity index (χ0) is 3.58. The van der Waals surface area contributed by atoms with E-state index >= 15 is 0 Å². The van der Waals surface area contributed by atoms with E-state index in [0.717, 1.165) is 0 Å². The fourth-order valence-electron chi connectivity index (χ4n) is 0. The Bertz CT molecular complexity index is 29.9. The molecule has 0 amide bonds. The van der Waals surface area contributed by atoms with E-state index < -0.39 is 11.4 Å². The zero-order valence-electron chi connectivity index (χ0n) is 2.38. The smallest absolute Gasteiger partial charge is 0.0814 e. The summed E-state index contributed by atoms with van der Waals surface area (Å²) >= 11 is -2.86. The van der Waals surface area contributed by atoms with Crippen molar-refractivity contribution in [3.63, 3.8) is 0 Å². The molecule has 0 spiro atoms. The Balaban J connectivity index is 0. The molecule has 0 bridgehead atoms. The molecule has 0 saturated heterocycles. The predicted molar refractivity (Wildman–Crippen MR) is 11.5 cm³/mol. The molecule has 0 saturated carbocycles. The van der Waals surface area contributed by atoms with Gasteiger partial charge in [-0.15, -0.1) is 0 Å². The largest absolute Gasteiger partial charge is 0.750 e. The first-order valence-corrected chi connectivity index (χ1v) is 1.55. The molecule has 1 atom stereocenters. The van der Waals surface area contributed by atoms with Crippen LogP contribution < -0.4 is 0 Å². The summed E-state index contributed by atoms with van der Waals surface area (Å²) in [6.07, 6.45) is 0. The SMILES string of the molecule is O=S([O-])O.[Cd]. The van der Waals surface area contributed by atoms with Crippen LogP contribution in [0.25, 0.3) is 0 Å². The first-order valence-electron chi connectivity index (χ1n) is 0.516. The van der Waals surface area contributed by atoms with Gasteiger partial charge in [0.05, 0.1) is 11.4 Å². The molecule has 3 nitrogen and oxygen atoms in total. The predicted octanol–water partition coefficient (Wildman–Crippen LogP) is -0.664. The fraction of sp³-hybridized carbons (Fsp3) is 0. The van der Waals surface area contributed by atoms with E-state index in [9.17, 15) is 0 Å².